The highest BCUT2D eigenvalue weighted by molar-refractivity contribution is 8.00. The van der Waals surface area contributed by atoms with E-state index in [1.165, 1.54) is 16.9 Å². The molecule has 5 nitrogen and oxygen atoms in total. The van der Waals surface area contributed by atoms with Crippen molar-refractivity contribution >= 4 is 51.5 Å². The van der Waals surface area contributed by atoms with Crippen molar-refractivity contribution in [3.05, 3.63) is 71.3 Å². The lowest BCUT2D eigenvalue weighted by Crippen LogP contribution is -2.34. The highest BCUT2D eigenvalue weighted by atomic mass is 32.2. The minimum atomic E-state index is -0.246. The third kappa shape index (κ3) is 5.10. The molecule has 0 saturated heterocycles. The number of carbonyl (C=O) groups excluding carboxylic acids is 1. The quantitative estimate of drug-likeness (QED) is 0.493. The molecule has 0 atom stereocenters. The van der Waals surface area contributed by atoms with E-state index >= 15 is 0 Å². The monoisotopic (exact) mass is 400 g/mol. The van der Waals surface area contributed by atoms with Crippen molar-refractivity contribution in [1.29, 1.82) is 0 Å². The van der Waals surface area contributed by atoms with Gasteiger partial charge in [0.1, 0.15) is 0 Å². The summed E-state index contributed by atoms with van der Waals surface area (Å²) >= 11 is 8.20. The molecule has 3 aromatic rings. The van der Waals surface area contributed by atoms with E-state index in [1.807, 2.05) is 43.3 Å². The van der Waals surface area contributed by atoms with Crippen molar-refractivity contribution < 1.29 is 4.79 Å². The zero-order chi connectivity index (χ0) is 18.4. The van der Waals surface area contributed by atoms with Crippen LogP contribution in [-0.4, -0.2) is 21.2 Å². The van der Waals surface area contributed by atoms with E-state index in [0.717, 1.165) is 15.7 Å². The van der Waals surface area contributed by atoms with Crippen molar-refractivity contribution in [3.63, 3.8) is 0 Å². The first-order valence-corrected chi connectivity index (χ1v) is 10.0. The van der Waals surface area contributed by atoms with Crippen LogP contribution in [0.3, 0.4) is 0 Å². The average molecular weight is 401 g/mol. The zero-order valence-electron chi connectivity index (χ0n) is 13.9. The Balaban J connectivity index is 1.53. The molecular weight excluding hydrogens is 384 g/mol. The Hall–Kier alpha value is -2.29. The molecule has 0 bridgehead atoms. The molecule has 8 heteroatoms. The third-order valence-corrected chi connectivity index (χ3v) is 5.70. The maximum atomic E-state index is 12.3. The van der Waals surface area contributed by atoms with Crippen LogP contribution >= 0.6 is 35.3 Å². The van der Waals surface area contributed by atoms with Crippen LogP contribution in [0.4, 0.5) is 5.13 Å². The molecule has 0 aliphatic rings. The standard InChI is InChI=1S/C18H16N4OS3/c1-12-7-5-6-10-14(12)15(23)19-16(24)20-17-21-22-18(26-17)25-11-13-8-3-2-4-9-13/h2-10H,11H2,1H3,(H2,19,20,21,23,24). The number of hydrogen-bond acceptors (Lipinski definition) is 6. The highest BCUT2D eigenvalue weighted by Gasteiger charge is 2.12. The molecule has 0 unspecified atom stereocenters. The van der Waals surface area contributed by atoms with E-state index in [2.05, 4.69) is 33.0 Å². The van der Waals surface area contributed by atoms with Gasteiger partial charge in [0.15, 0.2) is 9.45 Å². The van der Waals surface area contributed by atoms with Crippen molar-refractivity contribution in [2.45, 2.75) is 17.0 Å². The van der Waals surface area contributed by atoms with Gasteiger partial charge in [0.2, 0.25) is 5.13 Å². The molecule has 26 heavy (non-hydrogen) atoms. The molecule has 0 spiro atoms. The molecule has 3 rings (SSSR count). The number of carbonyl (C=O) groups is 1. The van der Waals surface area contributed by atoms with Gasteiger partial charge >= 0.3 is 0 Å². The summed E-state index contributed by atoms with van der Waals surface area (Å²) in [5.74, 6) is 0.577. The fourth-order valence-corrected chi connectivity index (χ4v) is 4.13. The number of thiocarbonyl (C=S) groups is 1. The molecule has 1 aromatic heterocycles. The number of thioether (sulfide) groups is 1. The molecule has 0 radical (unpaired) electrons. The molecule has 2 aromatic carbocycles. The molecule has 0 saturated carbocycles. The summed E-state index contributed by atoms with van der Waals surface area (Å²) in [6, 6.07) is 17.5. The normalized spacial score (nSPS) is 10.3. The van der Waals surface area contributed by atoms with Gasteiger partial charge in [0, 0.05) is 11.3 Å². The first-order chi connectivity index (χ1) is 12.6. The highest BCUT2D eigenvalue weighted by Crippen LogP contribution is 2.28. The minimum Gasteiger partial charge on any atom is -0.307 e. The molecule has 0 aliphatic carbocycles. The summed E-state index contributed by atoms with van der Waals surface area (Å²) in [5, 5.41) is 14.5. The number of anilines is 1. The van der Waals surface area contributed by atoms with E-state index in [4.69, 9.17) is 12.2 Å². The summed E-state index contributed by atoms with van der Waals surface area (Å²) in [7, 11) is 0. The number of rotatable bonds is 5. The van der Waals surface area contributed by atoms with Crippen molar-refractivity contribution in [2.24, 2.45) is 0 Å². The lowest BCUT2D eigenvalue weighted by Gasteiger charge is -2.08. The van der Waals surface area contributed by atoms with Gasteiger partial charge in [-0.2, -0.15) is 0 Å². The predicted molar refractivity (Wildman–Crippen MR) is 111 cm³/mol. The first kappa shape index (κ1) is 18.5. The topological polar surface area (TPSA) is 66.9 Å². The predicted octanol–water partition coefficient (Wildman–Crippen LogP) is 4.27. The Morgan fingerprint density at radius 2 is 1.85 bits per heavy atom. The van der Waals surface area contributed by atoms with E-state index in [9.17, 15) is 4.79 Å². The van der Waals surface area contributed by atoms with Crippen LogP contribution in [-0.2, 0) is 5.75 Å². The van der Waals surface area contributed by atoms with Gasteiger partial charge in [0.05, 0.1) is 0 Å². The molecule has 1 heterocycles. The number of benzene rings is 2. The fourth-order valence-electron chi connectivity index (χ4n) is 2.16. The van der Waals surface area contributed by atoms with Gasteiger partial charge < -0.3 is 5.32 Å². The maximum Gasteiger partial charge on any atom is 0.257 e. The van der Waals surface area contributed by atoms with Gasteiger partial charge in [-0.1, -0.05) is 71.6 Å². The number of amides is 1. The van der Waals surface area contributed by atoms with E-state index < -0.39 is 0 Å². The lowest BCUT2D eigenvalue weighted by molar-refractivity contribution is 0.0977. The Morgan fingerprint density at radius 1 is 1.12 bits per heavy atom. The van der Waals surface area contributed by atoms with E-state index in [1.54, 1.807) is 17.8 Å². The van der Waals surface area contributed by atoms with Gasteiger partial charge in [0.25, 0.3) is 5.91 Å². The zero-order valence-corrected chi connectivity index (χ0v) is 16.4. The van der Waals surface area contributed by atoms with Crippen molar-refractivity contribution in [3.8, 4) is 0 Å². The Labute approximate surface area is 165 Å². The third-order valence-electron chi connectivity index (χ3n) is 3.45. The Bertz CT molecular complexity index is 912. The van der Waals surface area contributed by atoms with Crippen LogP contribution < -0.4 is 10.6 Å². The fraction of sp³-hybridized carbons (Fsp3) is 0.111. The Kier molecular flexibility index (Phi) is 6.32. The smallest absolute Gasteiger partial charge is 0.257 e. The van der Waals surface area contributed by atoms with Crippen LogP contribution in [0.5, 0.6) is 0 Å². The summed E-state index contributed by atoms with van der Waals surface area (Å²) in [6.45, 7) is 1.88. The van der Waals surface area contributed by atoms with Crippen LogP contribution in [0.25, 0.3) is 0 Å². The number of aryl methyl sites for hydroxylation is 1. The van der Waals surface area contributed by atoms with Crippen molar-refractivity contribution in [1.82, 2.24) is 15.5 Å². The molecule has 132 valence electrons. The van der Waals surface area contributed by atoms with Crippen LogP contribution in [0.15, 0.2) is 58.9 Å². The number of nitrogens with zero attached hydrogens (tertiary/aromatic N) is 2. The second-order valence-electron chi connectivity index (χ2n) is 5.37. The average Bonchev–Trinajstić information content (AvgIpc) is 3.08. The van der Waals surface area contributed by atoms with E-state index in [0.29, 0.717) is 10.7 Å². The summed E-state index contributed by atoms with van der Waals surface area (Å²) in [4.78, 5) is 12.3. The van der Waals surface area contributed by atoms with Crippen LogP contribution in [0.1, 0.15) is 21.5 Å². The molecule has 2 N–H and O–H groups in total. The number of hydrogen-bond donors (Lipinski definition) is 2. The first-order valence-electron chi connectivity index (χ1n) is 7.80. The molecular formula is C18H16N4OS3. The summed E-state index contributed by atoms with van der Waals surface area (Å²) in [6.07, 6.45) is 0. The second-order valence-corrected chi connectivity index (χ2v) is 7.98. The van der Waals surface area contributed by atoms with Gasteiger partial charge in [-0.25, -0.2) is 0 Å². The van der Waals surface area contributed by atoms with Crippen LogP contribution in [0.2, 0.25) is 0 Å². The molecule has 1 amide bonds. The van der Waals surface area contributed by atoms with Gasteiger partial charge in [-0.05, 0) is 36.3 Å². The van der Waals surface area contributed by atoms with E-state index in [-0.39, 0.29) is 11.0 Å². The van der Waals surface area contributed by atoms with Crippen LogP contribution in [0, 0.1) is 6.92 Å². The van der Waals surface area contributed by atoms with Crippen molar-refractivity contribution in [2.75, 3.05) is 5.32 Å². The number of nitrogens with one attached hydrogen (secondary N) is 2. The SMILES string of the molecule is Cc1ccccc1C(=O)NC(=S)Nc1nnc(SCc2ccccc2)s1. The molecule has 0 fully saturated rings. The summed E-state index contributed by atoms with van der Waals surface area (Å²) < 4.78 is 0.837. The Morgan fingerprint density at radius 3 is 2.62 bits per heavy atom. The largest absolute Gasteiger partial charge is 0.307 e. The van der Waals surface area contributed by atoms with Gasteiger partial charge in [-0.15, -0.1) is 10.2 Å². The number of aromatic nitrogens is 2. The second kappa shape index (κ2) is 8.88. The summed E-state index contributed by atoms with van der Waals surface area (Å²) in [5.41, 5.74) is 2.71. The lowest BCUT2D eigenvalue weighted by atomic mass is 10.1. The maximum absolute atomic E-state index is 12.3. The minimum absolute atomic E-state index is 0.203. The molecule has 0 aliphatic heterocycles. The van der Waals surface area contributed by atoms with Gasteiger partial charge in [-0.3, -0.25) is 10.1 Å².